The summed E-state index contributed by atoms with van der Waals surface area (Å²) in [6, 6.07) is 16.5. The number of hydrogen-bond acceptors (Lipinski definition) is 5. The summed E-state index contributed by atoms with van der Waals surface area (Å²) in [4.78, 5) is 15.5. The number of methoxy groups -OCH3 is 1. The SMILES string of the molecule is COc1ccc(-n2c(SCC(=O)N3CC4(C)CC3CC(C)(C)C4)nnc2-c2cccc(C)c2)cc1. The van der Waals surface area contributed by atoms with Gasteiger partial charge in [-0.2, -0.15) is 0 Å². The first-order valence-corrected chi connectivity index (χ1v) is 13.2. The Kier molecular flexibility index (Phi) is 6.16. The minimum atomic E-state index is 0.197. The number of aromatic nitrogens is 3. The molecule has 5 rings (SSSR count). The number of thioether (sulfide) groups is 1. The lowest BCUT2D eigenvalue weighted by molar-refractivity contribution is -0.129. The summed E-state index contributed by atoms with van der Waals surface area (Å²) in [6.07, 6.45) is 3.38. The Balaban J connectivity index is 1.41. The maximum Gasteiger partial charge on any atom is 0.233 e. The quantitative estimate of drug-likeness (QED) is 0.411. The fraction of sp³-hybridized carbons (Fsp3) is 0.464. The van der Waals surface area contributed by atoms with Crippen molar-refractivity contribution in [3.8, 4) is 22.8 Å². The first kappa shape index (κ1) is 23.9. The number of likely N-dealkylation sites (tertiary alicyclic amines) is 1. The van der Waals surface area contributed by atoms with Crippen molar-refractivity contribution in [3.63, 3.8) is 0 Å². The molecule has 1 saturated heterocycles. The molecule has 0 spiro atoms. The Labute approximate surface area is 212 Å². The number of carbonyl (C=O) groups is 1. The second-order valence-electron chi connectivity index (χ2n) is 11.2. The highest BCUT2D eigenvalue weighted by Gasteiger charge is 2.50. The molecule has 2 aliphatic rings. The minimum absolute atomic E-state index is 0.197. The molecule has 184 valence electrons. The third kappa shape index (κ3) is 4.83. The van der Waals surface area contributed by atoms with Crippen LogP contribution in [-0.4, -0.2) is 51.0 Å². The smallest absolute Gasteiger partial charge is 0.233 e. The molecule has 1 aliphatic carbocycles. The zero-order chi connectivity index (χ0) is 24.8. The van der Waals surface area contributed by atoms with Crippen LogP contribution in [0.1, 0.15) is 45.6 Å². The van der Waals surface area contributed by atoms with Gasteiger partial charge in [-0.15, -0.1) is 10.2 Å². The first-order chi connectivity index (χ1) is 16.7. The number of rotatable bonds is 6. The highest BCUT2D eigenvalue weighted by Crippen LogP contribution is 2.52. The maximum atomic E-state index is 13.4. The fourth-order valence-electron chi connectivity index (χ4n) is 6.26. The van der Waals surface area contributed by atoms with Gasteiger partial charge in [0.1, 0.15) is 5.75 Å². The van der Waals surface area contributed by atoms with Gasteiger partial charge in [-0.3, -0.25) is 9.36 Å². The Bertz CT molecular complexity index is 1240. The summed E-state index contributed by atoms with van der Waals surface area (Å²) in [5, 5.41) is 9.77. The predicted octanol–water partition coefficient (Wildman–Crippen LogP) is 5.77. The van der Waals surface area contributed by atoms with Gasteiger partial charge >= 0.3 is 0 Å². The summed E-state index contributed by atoms with van der Waals surface area (Å²) in [7, 11) is 1.66. The number of benzene rings is 2. The highest BCUT2D eigenvalue weighted by atomic mass is 32.2. The number of ether oxygens (including phenoxy) is 1. The van der Waals surface area contributed by atoms with E-state index in [1.165, 1.54) is 18.2 Å². The number of amides is 1. The average molecular weight is 491 g/mol. The van der Waals surface area contributed by atoms with E-state index in [9.17, 15) is 4.79 Å². The maximum absolute atomic E-state index is 13.4. The van der Waals surface area contributed by atoms with Crippen LogP contribution in [0.2, 0.25) is 0 Å². The summed E-state index contributed by atoms with van der Waals surface area (Å²) in [5.74, 6) is 2.11. The van der Waals surface area contributed by atoms with Crippen LogP contribution in [0.25, 0.3) is 17.1 Å². The topological polar surface area (TPSA) is 60.2 Å². The molecular weight excluding hydrogens is 456 g/mol. The van der Waals surface area contributed by atoms with Crippen molar-refractivity contribution < 1.29 is 9.53 Å². The molecule has 1 aromatic heterocycles. The monoisotopic (exact) mass is 490 g/mol. The van der Waals surface area contributed by atoms with Gasteiger partial charge in [0, 0.05) is 23.8 Å². The molecule has 7 heteroatoms. The van der Waals surface area contributed by atoms with Gasteiger partial charge in [0.25, 0.3) is 0 Å². The van der Waals surface area contributed by atoms with E-state index in [0.29, 0.717) is 17.0 Å². The fourth-order valence-corrected chi connectivity index (χ4v) is 7.10. The van der Waals surface area contributed by atoms with Crippen molar-refractivity contribution in [1.82, 2.24) is 19.7 Å². The number of nitrogens with zero attached hydrogens (tertiary/aromatic N) is 4. The Morgan fingerprint density at radius 1 is 1.11 bits per heavy atom. The normalized spacial score (nSPS) is 22.9. The van der Waals surface area contributed by atoms with Crippen molar-refractivity contribution in [2.75, 3.05) is 19.4 Å². The van der Waals surface area contributed by atoms with Gasteiger partial charge in [0.05, 0.1) is 12.9 Å². The Hall–Kier alpha value is -2.80. The molecule has 2 fully saturated rings. The molecule has 3 aromatic rings. The van der Waals surface area contributed by atoms with Crippen molar-refractivity contribution in [1.29, 1.82) is 0 Å². The lowest BCUT2D eigenvalue weighted by Crippen LogP contribution is -2.38. The van der Waals surface area contributed by atoms with Gasteiger partial charge < -0.3 is 9.64 Å². The van der Waals surface area contributed by atoms with Crippen LogP contribution < -0.4 is 4.74 Å². The van der Waals surface area contributed by atoms with E-state index < -0.39 is 0 Å². The van der Waals surface area contributed by atoms with Crippen molar-refractivity contribution >= 4 is 17.7 Å². The summed E-state index contributed by atoms with van der Waals surface area (Å²) < 4.78 is 7.39. The first-order valence-electron chi connectivity index (χ1n) is 12.3. The Morgan fingerprint density at radius 3 is 2.60 bits per heavy atom. The standard InChI is InChI=1S/C28H34N4O2S/c1-19-7-6-8-20(13-19)25-29-30-26(32(25)21-9-11-23(34-5)12-10-21)35-16-24(33)31-18-28(4)15-22(31)14-27(2,3)17-28/h6-13,22H,14-18H2,1-5H3. The number of carbonyl (C=O) groups excluding carboxylic acids is 1. The summed E-state index contributed by atoms with van der Waals surface area (Å²) >= 11 is 1.47. The second-order valence-corrected chi connectivity index (χ2v) is 12.2. The van der Waals surface area contributed by atoms with Gasteiger partial charge in [-0.25, -0.2) is 0 Å². The van der Waals surface area contributed by atoms with Crippen LogP contribution in [0.15, 0.2) is 53.7 Å². The molecule has 0 N–H and O–H groups in total. The molecule has 1 aliphatic heterocycles. The number of aryl methyl sites for hydroxylation is 1. The molecule has 1 saturated carbocycles. The minimum Gasteiger partial charge on any atom is -0.497 e. The van der Waals surface area contributed by atoms with Crippen LogP contribution in [0.3, 0.4) is 0 Å². The van der Waals surface area contributed by atoms with Crippen molar-refractivity contribution in [3.05, 3.63) is 54.1 Å². The molecule has 2 bridgehead atoms. The van der Waals surface area contributed by atoms with E-state index in [1.54, 1.807) is 7.11 Å². The van der Waals surface area contributed by atoms with E-state index in [0.717, 1.165) is 47.8 Å². The van der Waals surface area contributed by atoms with E-state index >= 15 is 0 Å². The zero-order valence-corrected chi connectivity index (χ0v) is 22.1. The van der Waals surface area contributed by atoms with E-state index in [4.69, 9.17) is 4.74 Å². The van der Waals surface area contributed by atoms with Crippen molar-refractivity contribution in [2.24, 2.45) is 10.8 Å². The van der Waals surface area contributed by atoms with Crippen LogP contribution in [0, 0.1) is 17.8 Å². The van der Waals surface area contributed by atoms with Crippen LogP contribution >= 0.6 is 11.8 Å². The molecule has 2 aromatic carbocycles. The number of fused-ring (bicyclic) bond motifs is 2. The molecule has 0 radical (unpaired) electrons. The van der Waals surface area contributed by atoms with Gasteiger partial charge in [-0.1, -0.05) is 56.3 Å². The third-order valence-corrected chi connectivity index (χ3v) is 8.21. The average Bonchev–Trinajstić information content (AvgIpc) is 3.34. The third-order valence-electron chi connectivity index (χ3n) is 7.30. The van der Waals surface area contributed by atoms with Crippen LogP contribution in [-0.2, 0) is 4.79 Å². The lowest BCUT2D eigenvalue weighted by atomic mass is 9.65. The van der Waals surface area contributed by atoms with Gasteiger partial charge in [0.2, 0.25) is 5.91 Å². The molecule has 2 atom stereocenters. The van der Waals surface area contributed by atoms with Crippen LogP contribution in [0.5, 0.6) is 5.75 Å². The lowest BCUT2D eigenvalue weighted by Gasteiger charge is -2.39. The van der Waals surface area contributed by atoms with E-state index in [2.05, 4.69) is 54.9 Å². The highest BCUT2D eigenvalue weighted by molar-refractivity contribution is 7.99. The molecule has 6 nitrogen and oxygen atoms in total. The van der Waals surface area contributed by atoms with E-state index in [1.807, 2.05) is 41.0 Å². The molecular formula is C28H34N4O2S. The molecule has 1 amide bonds. The predicted molar refractivity (Wildman–Crippen MR) is 140 cm³/mol. The van der Waals surface area contributed by atoms with Crippen molar-refractivity contribution in [2.45, 2.75) is 58.2 Å². The van der Waals surface area contributed by atoms with Gasteiger partial charge in [0.15, 0.2) is 11.0 Å². The van der Waals surface area contributed by atoms with E-state index in [-0.39, 0.29) is 16.7 Å². The largest absolute Gasteiger partial charge is 0.497 e. The summed E-state index contributed by atoms with van der Waals surface area (Å²) in [5.41, 5.74) is 3.61. The summed E-state index contributed by atoms with van der Waals surface area (Å²) in [6.45, 7) is 9.95. The second kappa shape index (κ2) is 9.01. The molecule has 2 unspecified atom stereocenters. The molecule has 35 heavy (non-hydrogen) atoms. The molecule has 2 heterocycles. The van der Waals surface area contributed by atoms with Gasteiger partial charge in [-0.05, 0) is 67.3 Å². The van der Waals surface area contributed by atoms with Crippen LogP contribution in [0.4, 0.5) is 0 Å². The zero-order valence-electron chi connectivity index (χ0n) is 21.2. The number of hydrogen-bond donors (Lipinski definition) is 0. The Morgan fingerprint density at radius 2 is 1.89 bits per heavy atom.